The summed E-state index contributed by atoms with van der Waals surface area (Å²) in [5.41, 5.74) is 0.0480. The van der Waals surface area contributed by atoms with Crippen molar-refractivity contribution in [2.45, 2.75) is 39.2 Å². The average molecular weight is 283 g/mol. The fraction of sp³-hybridized carbons (Fsp3) is 0.933. The number of aliphatic hydroxyl groups excluding tert-OH is 1. The molecule has 2 aliphatic rings. The number of β-amino-alcohol motifs (C(OH)–C–C–N with tert-alkyl or cyclic N) is 1. The van der Waals surface area contributed by atoms with Crippen LogP contribution in [-0.2, 0) is 4.79 Å². The van der Waals surface area contributed by atoms with Crippen molar-refractivity contribution in [3.05, 3.63) is 0 Å². The van der Waals surface area contributed by atoms with Crippen LogP contribution >= 0.6 is 0 Å². The van der Waals surface area contributed by atoms with Crippen molar-refractivity contribution in [2.24, 2.45) is 5.41 Å². The lowest BCUT2D eigenvalue weighted by atomic mass is 9.77. The first-order chi connectivity index (χ1) is 9.54. The number of piperidine rings is 1. The van der Waals surface area contributed by atoms with Crippen LogP contribution in [-0.4, -0.2) is 72.7 Å². The van der Waals surface area contributed by atoms with Crippen molar-refractivity contribution < 1.29 is 9.90 Å². The molecular weight excluding hydrogens is 254 g/mol. The summed E-state index contributed by atoms with van der Waals surface area (Å²) in [5.74, 6) is 0.264. The lowest BCUT2D eigenvalue weighted by molar-refractivity contribution is -0.137. The first-order valence-corrected chi connectivity index (χ1v) is 7.90. The second-order valence-corrected chi connectivity index (χ2v) is 6.72. The minimum absolute atomic E-state index is 0.0411. The van der Waals surface area contributed by atoms with Crippen LogP contribution in [0, 0.1) is 5.41 Å². The Morgan fingerprint density at radius 2 is 2.05 bits per heavy atom. The fourth-order valence-electron chi connectivity index (χ4n) is 3.37. The van der Waals surface area contributed by atoms with Crippen molar-refractivity contribution in [1.82, 2.24) is 15.1 Å². The third-order valence-electron chi connectivity index (χ3n) is 4.69. The van der Waals surface area contributed by atoms with E-state index < -0.39 is 0 Å². The van der Waals surface area contributed by atoms with Crippen LogP contribution in [0.25, 0.3) is 0 Å². The van der Waals surface area contributed by atoms with E-state index in [0.29, 0.717) is 0 Å². The van der Waals surface area contributed by atoms with Crippen LogP contribution < -0.4 is 5.32 Å². The number of hydrogen-bond acceptors (Lipinski definition) is 4. The zero-order chi connectivity index (χ0) is 14.6. The number of nitrogens with one attached hydrogen (secondary N) is 1. The Morgan fingerprint density at radius 1 is 1.25 bits per heavy atom. The zero-order valence-electron chi connectivity index (χ0n) is 12.9. The van der Waals surface area contributed by atoms with Crippen LogP contribution in [0.15, 0.2) is 0 Å². The zero-order valence-corrected chi connectivity index (χ0v) is 12.9. The molecule has 20 heavy (non-hydrogen) atoms. The van der Waals surface area contributed by atoms with Crippen LogP contribution in [0.2, 0.25) is 0 Å². The number of rotatable bonds is 3. The molecule has 0 aliphatic carbocycles. The molecule has 0 aromatic carbocycles. The Labute approximate surface area is 122 Å². The normalized spacial score (nSPS) is 28.1. The third-order valence-corrected chi connectivity index (χ3v) is 4.69. The highest BCUT2D eigenvalue weighted by molar-refractivity contribution is 5.83. The van der Waals surface area contributed by atoms with Crippen molar-refractivity contribution in [3.63, 3.8) is 0 Å². The van der Waals surface area contributed by atoms with Gasteiger partial charge < -0.3 is 15.3 Å². The van der Waals surface area contributed by atoms with E-state index in [2.05, 4.69) is 24.1 Å². The molecule has 2 aliphatic heterocycles. The van der Waals surface area contributed by atoms with E-state index in [1.807, 2.05) is 4.90 Å². The maximum Gasteiger partial charge on any atom is 0.240 e. The summed E-state index contributed by atoms with van der Waals surface area (Å²) in [5, 5.41) is 12.4. The lowest BCUT2D eigenvalue weighted by Gasteiger charge is -2.40. The molecule has 0 bridgehead atoms. The Balaban J connectivity index is 1.95. The molecule has 2 saturated heterocycles. The maximum atomic E-state index is 12.8. The van der Waals surface area contributed by atoms with Crippen LogP contribution in [0.4, 0.5) is 0 Å². The smallest absolute Gasteiger partial charge is 0.240 e. The number of aliphatic hydroxyl groups is 1. The van der Waals surface area contributed by atoms with E-state index in [-0.39, 0.29) is 24.0 Å². The summed E-state index contributed by atoms with van der Waals surface area (Å²) in [6, 6.07) is -0.0411. The first kappa shape index (κ1) is 15.7. The molecule has 1 amide bonds. The third kappa shape index (κ3) is 3.71. The summed E-state index contributed by atoms with van der Waals surface area (Å²) >= 11 is 0. The van der Waals surface area contributed by atoms with Gasteiger partial charge in [-0.2, -0.15) is 0 Å². The van der Waals surface area contributed by atoms with Gasteiger partial charge in [0, 0.05) is 26.2 Å². The number of hydrogen-bond donors (Lipinski definition) is 2. The largest absolute Gasteiger partial charge is 0.395 e. The van der Waals surface area contributed by atoms with Crippen molar-refractivity contribution in [2.75, 3.05) is 45.9 Å². The Hall–Kier alpha value is -0.650. The minimum Gasteiger partial charge on any atom is -0.395 e. The van der Waals surface area contributed by atoms with Crippen molar-refractivity contribution in [3.8, 4) is 0 Å². The average Bonchev–Trinajstić information content (AvgIpc) is 2.64. The molecule has 2 fully saturated rings. The van der Waals surface area contributed by atoms with Gasteiger partial charge in [-0.05, 0) is 37.8 Å². The van der Waals surface area contributed by atoms with E-state index in [1.54, 1.807) is 0 Å². The highest BCUT2D eigenvalue weighted by Gasteiger charge is 2.39. The predicted octanol–water partition coefficient (Wildman–Crippen LogP) is 0.291. The van der Waals surface area contributed by atoms with E-state index >= 15 is 0 Å². The van der Waals surface area contributed by atoms with E-state index in [9.17, 15) is 4.79 Å². The molecule has 2 rings (SSSR count). The molecule has 0 spiro atoms. The molecule has 0 aromatic rings. The van der Waals surface area contributed by atoms with Crippen molar-refractivity contribution in [1.29, 1.82) is 0 Å². The second kappa shape index (κ2) is 6.87. The number of carbonyl (C=O) groups excluding carboxylic acids is 1. The second-order valence-electron chi connectivity index (χ2n) is 6.72. The minimum atomic E-state index is -0.0411. The molecule has 1 atom stereocenters. The molecule has 0 aromatic heterocycles. The Kier molecular flexibility index (Phi) is 5.41. The number of carbonyl (C=O) groups is 1. The highest BCUT2D eigenvalue weighted by Crippen LogP contribution is 2.31. The lowest BCUT2D eigenvalue weighted by Crippen LogP contribution is -2.57. The molecule has 116 valence electrons. The van der Waals surface area contributed by atoms with Crippen LogP contribution in [0.5, 0.6) is 0 Å². The van der Waals surface area contributed by atoms with Gasteiger partial charge in [0.25, 0.3) is 0 Å². The summed E-state index contributed by atoms with van der Waals surface area (Å²) in [4.78, 5) is 17.0. The van der Waals surface area contributed by atoms with E-state index in [0.717, 1.165) is 58.5 Å². The standard InChI is InChI=1S/C15H29N3O2/c1-15(2)5-3-6-16-13(15)14(20)18-8-4-7-17(9-10-18)11-12-19/h13,16,19H,3-12H2,1-2H3. The Bertz CT molecular complexity index is 333. The van der Waals surface area contributed by atoms with Gasteiger partial charge in [-0.25, -0.2) is 0 Å². The quantitative estimate of drug-likeness (QED) is 0.782. The van der Waals surface area contributed by atoms with Gasteiger partial charge in [-0.3, -0.25) is 9.69 Å². The van der Waals surface area contributed by atoms with Gasteiger partial charge in [0.1, 0.15) is 0 Å². The topological polar surface area (TPSA) is 55.8 Å². The molecular formula is C15H29N3O2. The van der Waals surface area contributed by atoms with Crippen LogP contribution in [0.1, 0.15) is 33.1 Å². The molecule has 0 saturated carbocycles. The van der Waals surface area contributed by atoms with Gasteiger partial charge in [-0.15, -0.1) is 0 Å². The summed E-state index contributed by atoms with van der Waals surface area (Å²) in [6.07, 6.45) is 3.26. The molecule has 5 nitrogen and oxygen atoms in total. The maximum absolute atomic E-state index is 12.8. The number of nitrogens with zero attached hydrogens (tertiary/aromatic N) is 2. The fourth-order valence-corrected chi connectivity index (χ4v) is 3.37. The highest BCUT2D eigenvalue weighted by atomic mass is 16.3. The Morgan fingerprint density at radius 3 is 2.75 bits per heavy atom. The summed E-state index contributed by atoms with van der Waals surface area (Å²) < 4.78 is 0. The molecule has 2 heterocycles. The van der Waals surface area contributed by atoms with Gasteiger partial charge in [0.15, 0.2) is 0 Å². The molecule has 2 N–H and O–H groups in total. The predicted molar refractivity (Wildman–Crippen MR) is 79.5 cm³/mol. The SMILES string of the molecule is CC1(C)CCCNC1C(=O)N1CCCN(CCO)CC1. The first-order valence-electron chi connectivity index (χ1n) is 7.90. The monoisotopic (exact) mass is 283 g/mol. The van der Waals surface area contributed by atoms with Gasteiger partial charge in [-0.1, -0.05) is 13.8 Å². The van der Waals surface area contributed by atoms with Gasteiger partial charge in [0.05, 0.1) is 12.6 Å². The van der Waals surface area contributed by atoms with Crippen molar-refractivity contribution >= 4 is 5.91 Å². The van der Waals surface area contributed by atoms with E-state index in [1.165, 1.54) is 0 Å². The van der Waals surface area contributed by atoms with Gasteiger partial charge >= 0.3 is 0 Å². The van der Waals surface area contributed by atoms with Crippen LogP contribution in [0.3, 0.4) is 0 Å². The molecule has 0 radical (unpaired) electrons. The molecule has 1 unspecified atom stereocenters. The van der Waals surface area contributed by atoms with Gasteiger partial charge in [0.2, 0.25) is 5.91 Å². The summed E-state index contributed by atoms with van der Waals surface area (Å²) in [6.45, 7) is 9.73. The molecule has 5 heteroatoms. The number of amides is 1. The van der Waals surface area contributed by atoms with E-state index in [4.69, 9.17) is 5.11 Å². The summed E-state index contributed by atoms with van der Waals surface area (Å²) in [7, 11) is 0.